The highest BCUT2D eigenvalue weighted by molar-refractivity contribution is 5.96. The van der Waals surface area contributed by atoms with E-state index in [1.54, 1.807) is 42.5 Å². The Morgan fingerprint density at radius 3 is 2.61 bits per heavy atom. The molecule has 0 aliphatic carbocycles. The van der Waals surface area contributed by atoms with Crippen molar-refractivity contribution in [3.05, 3.63) is 53.9 Å². The van der Waals surface area contributed by atoms with Crippen LogP contribution in [0.1, 0.15) is 45.1 Å². The Balaban J connectivity index is 1.80. The zero-order valence-corrected chi connectivity index (χ0v) is 16.4. The summed E-state index contributed by atoms with van der Waals surface area (Å²) in [6.45, 7) is 7.82. The van der Waals surface area contributed by atoms with E-state index in [1.807, 2.05) is 27.7 Å². The molecule has 3 aromatic rings. The summed E-state index contributed by atoms with van der Waals surface area (Å²) in [5.41, 5.74) is 2.38. The van der Waals surface area contributed by atoms with E-state index in [0.29, 0.717) is 34.0 Å². The number of para-hydroxylation sites is 1. The Morgan fingerprint density at radius 1 is 1.18 bits per heavy atom. The van der Waals surface area contributed by atoms with Crippen LogP contribution < -0.4 is 10.1 Å². The average Bonchev–Trinajstić information content (AvgIpc) is 3.09. The Morgan fingerprint density at radius 2 is 1.93 bits per heavy atom. The normalized spacial score (nSPS) is 12.2. The van der Waals surface area contributed by atoms with E-state index < -0.39 is 6.10 Å². The lowest BCUT2D eigenvalue weighted by atomic mass is 10.1. The van der Waals surface area contributed by atoms with Gasteiger partial charge in [0, 0.05) is 11.6 Å². The van der Waals surface area contributed by atoms with Gasteiger partial charge in [-0.1, -0.05) is 39.8 Å². The van der Waals surface area contributed by atoms with E-state index in [2.05, 4.69) is 16.4 Å². The highest BCUT2D eigenvalue weighted by Gasteiger charge is 2.25. The Hall–Kier alpha value is -3.33. The standard InChI is InChI=1S/C22H23N3O3/c1-13(2)20(27-18-8-6-5-7-15(18)12-23)21(26)24-16-9-10-19-17(11-16)25-22(28-19)14(3)4/h5-11,13-14,20H,1-4H3,(H,24,26). The zero-order valence-electron chi connectivity index (χ0n) is 16.4. The molecule has 3 rings (SSSR count). The second-order valence-corrected chi connectivity index (χ2v) is 7.27. The van der Waals surface area contributed by atoms with Gasteiger partial charge in [0.2, 0.25) is 0 Å². The van der Waals surface area contributed by atoms with E-state index in [4.69, 9.17) is 9.15 Å². The quantitative estimate of drug-likeness (QED) is 0.662. The molecule has 0 saturated heterocycles. The lowest BCUT2D eigenvalue weighted by Crippen LogP contribution is -2.37. The second kappa shape index (κ2) is 8.13. The van der Waals surface area contributed by atoms with Crippen LogP contribution in [0.4, 0.5) is 5.69 Å². The molecular weight excluding hydrogens is 354 g/mol. The second-order valence-electron chi connectivity index (χ2n) is 7.27. The maximum atomic E-state index is 12.8. The predicted molar refractivity (Wildman–Crippen MR) is 107 cm³/mol. The SMILES string of the molecule is CC(C)c1nc2cc(NC(=O)C(Oc3ccccc3C#N)C(C)C)ccc2o1. The molecule has 144 valence electrons. The number of hydrogen-bond donors (Lipinski definition) is 1. The number of fused-ring (bicyclic) bond motifs is 1. The fourth-order valence-corrected chi connectivity index (χ4v) is 2.77. The number of nitrogens with zero attached hydrogens (tertiary/aromatic N) is 2. The van der Waals surface area contributed by atoms with Crippen LogP contribution >= 0.6 is 0 Å². The smallest absolute Gasteiger partial charge is 0.265 e. The highest BCUT2D eigenvalue weighted by Crippen LogP contribution is 2.25. The van der Waals surface area contributed by atoms with Crippen LogP contribution in [0.3, 0.4) is 0 Å². The van der Waals surface area contributed by atoms with Crippen molar-refractivity contribution in [2.45, 2.75) is 39.7 Å². The lowest BCUT2D eigenvalue weighted by molar-refractivity contribution is -0.124. The first kappa shape index (κ1) is 19.4. The van der Waals surface area contributed by atoms with Crippen molar-refractivity contribution in [1.82, 2.24) is 4.98 Å². The van der Waals surface area contributed by atoms with Gasteiger partial charge in [-0.15, -0.1) is 0 Å². The number of carbonyl (C=O) groups excluding carboxylic acids is 1. The van der Waals surface area contributed by atoms with Gasteiger partial charge in [0.1, 0.15) is 17.3 Å². The van der Waals surface area contributed by atoms with Crippen molar-refractivity contribution in [2.75, 3.05) is 5.32 Å². The van der Waals surface area contributed by atoms with Gasteiger partial charge in [0.25, 0.3) is 5.91 Å². The number of oxazole rings is 1. The van der Waals surface area contributed by atoms with Gasteiger partial charge in [-0.25, -0.2) is 4.98 Å². The van der Waals surface area contributed by atoms with Crippen LogP contribution in [-0.2, 0) is 4.79 Å². The summed E-state index contributed by atoms with van der Waals surface area (Å²) in [6, 6.07) is 14.3. The number of ether oxygens (including phenoxy) is 1. The van der Waals surface area contributed by atoms with Gasteiger partial charge < -0.3 is 14.5 Å². The van der Waals surface area contributed by atoms with Crippen molar-refractivity contribution >= 4 is 22.7 Å². The van der Waals surface area contributed by atoms with Crippen molar-refractivity contribution < 1.29 is 13.9 Å². The van der Waals surface area contributed by atoms with Crippen LogP contribution in [0.15, 0.2) is 46.9 Å². The highest BCUT2D eigenvalue weighted by atomic mass is 16.5. The minimum absolute atomic E-state index is 0.0879. The number of rotatable bonds is 6. The van der Waals surface area contributed by atoms with E-state index in [0.717, 1.165) is 0 Å². The van der Waals surface area contributed by atoms with Crippen LogP contribution in [0.5, 0.6) is 5.75 Å². The number of nitriles is 1. The van der Waals surface area contributed by atoms with Gasteiger partial charge >= 0.3 is 0 Å². The van der Waals surface area contributed by atoms with Gasteiger partial charge in [0.15, 0.2) is 17.6 Å². The number of aromatic nitrogens is 1. The number of nitrogens with one attached hydrogen (secondary N) is 1. The third-order valence-corrected chi connectivity index (χ3v) is 4.29. The fraction of sp³-hybridized carbons (Fsp3) is 0.318. The summed E-state index contributed by atoms with van der Waals surface area (Å²) in [4.78, 5) is 17.3. The summed E-state index contributed by atoms with van der Waals surface area (Å²) in [5.74, 6) is 0.872. The fourth-order valence-electron chi connectivity index (χ4n) is 2.77. The number of amides is 1. The third-order valence-electron chi connectivity index (χ3n) is 4.29. The first-order valence-electron chi connectivity index (χ1n) is 9.26. The summed E-state index contributed by atoms with van der Waals surface area (Å²) in [5, 5.41) is 12.1. The molecule has 1 unspecified atom stereocenters. The van der Waals surface area contributed by atoms with Crippen molar-refractivity contribution in [1.29, 1.82) is 5.26 Å². The third kappa shape index (κ3) is 4.15. The molecule has 0 aliphatic rings. The Labute approximate surface area is 164 Å². The molecule has 1 atom stereocenters. The molecule has 0 saturated carbocycles. The summed E-state index contributed by atoms with van der Waals surface area (Å²) in [6.07, 6.45) is -0.742. The van der Waals surface area contributed by atoms with Gasteiger partial charge in [-0.05, 0) is 36.2 Å². The van der Waals surface area contributed by atoms with Crippen molar-refractivity contribution in [2.24, 2.45) is 5.92 Å². The Kier molecular flexibility index (Phi) is 5.65. The van der Waals surface area contributed by atoms with Crippen LogP contribution in [0, 0.1) is 17.2 Å². The maximum absolute atomic E-state index is 12.8. The monoisotopic (exact) mass is 377 g/mol. The molecule has 0 spiro atoms. The van der Waals surface area contributed by atoms with Gasteiger partial charge in [-0.2, -0.15) is 5.26 Å². The molecule has 2 aromatic carbocycles. The number of anilines is 1. The lowest BCUT2D eigenvalue weighted by Gasteiger charge is -2.22. The summed E-state index contributed by atoms with van der Waals surface area (Å²) >= 11 is 0. The largest absolute Gasteiger partial charge is 0.479 e. The minimum atomic E-state index is -0.742. The minimum Gasteiger partial charge on any atom is -0.479 e. The van der Waals surface area contributed by atoms with Gasteiger partial charge in [-0.3, -0.25) is 4.79 Å². The first-order chi connectivity index (χ1) is 13.4. The van der Waals surface area contributed by atoms with E-state index in [1.165, 1.54) is 0 Å². The van der Waals surface area contributed by atoms with E-state index in [-0.39, 0.29) is 17.7 Å². The van der Waals surface area contributed by atoms with Crippen LogP contribution in [-0.4, -0.2) is 17.0 Å². The molecule has 1 aromatic heterocycles. The molecule has 6 nitrogen and oxygen atoms in total. The van der Waals surface area contributed by atoms with E-state index >= 15 is 0 Å². The summed E-state index contributed by atoms with van der Waals surface area (Å²) in [7, 11) is 0. The van der Waals surface area contributed by atoms with Crippen molar-refractivity contribution in [3.63, 3.8) is 0 Å². The molecule has 0 bridgehead atoms. The van der Waals surface area contributed by atoms with Crippen LogP contribution in [0.2, 0.25) is 0 Å². The molecular formula is C22H23N3O3. The summed E-state index contributed by atoms with van der Waals surface area (Å²) < 4.78 is 11.6. The molecule has 1 heterocycles. The predicted octanol–water partition coefficient (Wildman–Crippen LogP) is 4.86. The number of carbonyl (C=O) groups is 1. The molecule has 6 heteroatoms. The maximum Gasteiger partial charge on any atom is 0.265 e. The molecule has 0 fully saturated rings. The van der Waals surface area contributed by atoms with Crippen LogP contribution in [0.25, 0.3) is 11.1 Å². The number of hydrogen-bond acceptors (Lipinski definition) is 5. The molecule has 0 radical (unpaired) electrons. The van der Waals surface area contributed by atoms with E-state index in [9.17, 15) is 10.1 Å². The van der Waals surface area contributed by atoms with Gasteiger partial charge in [0.05, 0.1) is 5.56 Å². The first-order valence-corrected chi connectivity index (χ1v) is 9.26. The average molecular weight is 377 g/mol. The number of benzene rings is 2. The molecule has 28 heavy (non-hydrogen) atoms. The Bertz CT molecular complexity index is 1030. The topological polar surface area (TPSA) is 88.1 Å². The molecule has 1 amide bonds. The molecule has 1 N–H and O–H groups in total. The molecule has 0 aliphatic heterocycles. The van der Waals surface area contributed by atoms with Crippen molar-refractivity contribution in [3.8, 4) is 11.8 Å². The zero-order chi connectivity index (χ0) is 20.3.